The quantitative estimate of drug-likeness (QED) is 0.460. The summed E-state index contributed by atoms with van der Waals surface area (Å²) in [6, 6.07) is 0. The van der Waals surface area contributed by atoms with Gasteiger partial charge in [0.1, 0.15) is 0 Å². The molecular weight excluding hydrogens is 190 g/mol. The van der Waals surface area contributed by atoms with Crippen LogP contribution in [-0.4, -0.2) is 48.0 Å². The van der Waals surface area contributed by atoms with Crippen molar-refractivity contribution in [1.29, 1.82) is 0 Å². The van der Waals surface area contributed by atoms with E-state index in [-0.39, 0.29) is 19.5 Å². The minimum absolute atomic E-state index is 0.0233. The summed E-state index contributed by atoms with van der Waals surface area (Å²) in [4.78, 5) is 20.9. The number of hydrogen-bond donors (Lipinski definition) is 3. The summed E-state index contributed by atoms with van der Waals surface area (Å²) < 4.78 is 4.61. The van der Waals surface area contributed by atoms with E-state index < -0.39 is 18.0 Å². The molecule has 0 aliphatic rings. The molecule has 6 heteroatoms. The molecule has 3 N–H and O–H groups in total. The first kappa shape index (κ1) is 12.9. The Morgan fingerprint density at radius 3 is 2.64 bits per heavy atom. The van der Waals surface area contributed by atoms with Crippen LogP contribution in [0.5, 0.6) is 0 Å². The van der Waals surface area contributed by atoms with Crippen LogP contribution in [0.25, 0.3) is 0 Å². The zero-order valence-electron chi connectivity index (χ0n) is 8.02. The number of hydrogen-bond acceptors (Lipinski definition) is 5. The first-order valence-electron chi connectivity index (χ1n) is 4.32. The number of ether oxygens (including phenoxy) is 1. The third-order valence-corrected chi connectivity index (χ3v) is 1.36. The highest BCUT2D eigenvalue weighted by Gasteiger charge is 2.09. The van der Waals surface area contributed by atoms with Crippen molar-refractivity contribution >= 4 is 11.9 Å². The summed E-state index contributed by atoms with van der Waals surface area (Å²) in [5, 5.41) is 20.0. The maximum absolute atomic E-state index is 10.8. The second-order valence-electron chi connectivity index (χ2n) is 2.69. The van der Waals surface area contributed by atoms with Crippen LogP contribution >= 0.6 is 0 Å². The van der Waals surface area contributed by atoms with Crippen LogP contribution in [0.1, 0.15) is 13.3 Å². The number of esters is 1. The molecule has 0 fully saturated rings. The maximum atomic E-state index is 10.8. The van der Waals surface area contributed by atoms with Crippen molar-refractivity contribution in [3.05, 3.63) is 0 Å². The average molecular weight is 205 g/mol. The van der Waals surface area contributed by atoms with Gasteiger partial charge in [-0.1, -0.05) is 0 Å². The van der Waals surface area contributed by atoms with Gasteiger partial charge >= 0.3 is 11.9 Å². The molecule has 1 atom stereocenters. The molecule has 0 heterocycles. The summed E-state index contributed by atoms with van der Waals surface area (Å²) in [6.45, 7) is 2.03. The van der Waals surface area contributed by atoms with E-state index in [0.29, 0.717) is 6.61 Å². The second kappa shape index (κ2) is 7.28. The predicted octanol–water partition coefficient (Wildman–Crippen LogP) is -1.03. The van der Waals surface area contributed by atoms with E-state index in [4.69, 9.17) is 10.2 Å². The summed E-state index contributed by atoms with van der Waals surface area (Å²) >= 11 is 0. The van der Waals surface area contributed by atoms with Crippen molar-refractivity contribution in [2.45, 2.75) is 19.4 Å². The normalized spacial score (nSPS) is 12.1. The van der Waals surface area contributed by atoms with Gasteiger partial charge in [0.25, 0.3) is 0 Å². The topological polar surface area (TPSA) is 95.9 Å². The van der Waals surface area contributed by atoms with Crippen molar-refractivity contribution < 1.29 is 24.5 Å². The van der Waals surface area contributed by atoms with Gasteiger partial charge in [-0.3, -0.25) is 9.59 Å². The number of carbonyl (C=O) groups excluding carboxylic acids is 1. The van der Waals surface area contributed by atoms with E-state index in [0.717, 1.165) is 0 Å². The highest BCUT2D eigenvalue weighted by atomic mass is 16.5. The molecule has 0 aliphatic heterocycles. The molecule has 0 spiro atoms. The average Bonchev–Trinajstić information content (AvgIpc) is 2.02. The summed E-state index contributed by atoms with van der Waals surface area (Å²) in [5.74, 6) is -1.49. The number of nitrogens with one attached hydrogen (secondary N) is 1. The molecule has 6 nitrogen and oxygen atoms in total. The molecule has 0 aromatic heterocycles. The fourth-order valence-corrected chi connectivity index (χ4v) is 0.827. The highest BCUT2D eigenvalue weighted by molar-refractivity contribution is 5.71. The molecule has 14 heavy (non-hydrogen) atoms. The Morgan fingerprint density at radius 2 is 2.14 bits per heavy atom. The summed E-state index contributed by atoms with van der Waals surface area (Å²) in [5.41, 5.74) is 0. The van der Waals surface area contributed by atoms with Gasteiger partial charge in [-0.15, -0.1) is 0 Å². The molecular formula is C8H15NO5. The first-order valence-corrected chi connectivity index (χ1v) is 4.32. The van der Waals surface area contributed by atoms with Gasteiger partial charge in [-0.25, -0.2) is 0 Å². The van der Waals surface area contributed by atoms with E-state index in [9.17, 15) is 9.59 Å². The molecule has 0 rings (SSSR count). The predicted molar refractivity (Wildman–Crippen MR) is 47.8 cm³/mol. The van der Waals surface area contributed by atoms with Crippen LogP contribution in [-0.2, 0) is 14.3 Å². The van der Waals surface area contributed by atoms with E-state index in [2.05, 4.69) is 10.1 Å². The Balaban J connectivity index is 3.43. The minimum atomic E-state index is -1.07. The Labute approximate surface area is 81.9 Å². The smallest absolute Gasteiger partial charge is 0.319 e. The van der Waals surface area contributed by atoms with E-state index in [1.165, 1.54) is 0 Å². The van der Waals surface area contributed by atoms with Gasteiger partial charge in [-0.2, -0.15) is 0 Å². The molecule has 0 saturated carbocycles. The zero-order valence-corrected chi connectivity index (χ0v) is 8.02. The lowest BCUT2D eigenvalue weighted by Gasteiger charge is -2.08. The number of carbonyl (C=O) groups is 2. The molecule has 1 unspecified atom stereocenters. The van der Waals surface area contributed by atoms with Crippen LogP contribution in [0, 0.1) is 0 Å². The second-order valence-corrected chi connectivity index (χ2v) is 2.69. The Kier molecular flexibility index (Phi) is 6.69. The van der Waals surface area contributed by atoms with Gasteiger partial charge in [0.05, 0.1) is 25.7 Å². The van der Waals surface area contributed by atoms with E-state index in [1.54, 1.807) is 6.92 Å². The molecule has 0 bridgehead atoms. The van der Waals surface area contributed by atoms with Gasteiger partial charge < -0.3 is 20.3 Å². The summed E-state index contributed by atoms with van der Waals surface area (Å²) in [7, 11) is 0. The van der Waals surface area contributed by atoms with Gasteiger partial charge in [0, 0.05) is 6.54 Å². The van der Waals surface area contributed by atoms with Crippen molar-refractivity contribution in [3.8, 4) is 0 Å². The van der Waals surface area contributed by atoms with Crippen molar-refractivity contribution in [2.24, 2.45) is 0 Å². The molecule has 82 valence electrons. The SMILES string of the molecule is CCOC(=O)CNCC(O)CC(=O)O. The number of carboxylic acid groups (broad SMARTS) is 1. The highest BCUT2D eigenvalue weighted by Crippen LogP contribution is 1.88. The largest absolute Gasteiger partial charge is 0.481 e. The van der Waals surface area contributed by atoms with Gasteiger partial charge in [0.15, 0.2) is 0 Å². The van der Waals surface area contributed by atoms with Crippen LogP contribution < -0.4 is 5.32 Å². The third-order valence-electron chi connectivity index (χ3n) is 1.36. The lowest BCUT2D eigenvalue weighted by atomic mass is 10.2. The van der Waals surface area contributed by atoms with Crippen LogP contribution in [0.2, 0.25) is 0 Å². The Morgan fingerprint density at radius 1 is 1.50 bits per heavy atom. The number of aliphatic hydroxyl groups excluding tert-OH is 1. The first-order chi connectivity index (χ1) is 6.56. The van der Waals surface area contributed by atoms with Gasteiger partial charge in [-0.05, 0) is 6.92 Å². The van der Waals surface area contributed by atoms with Gasteiger partial charge in [0.2, 0.25) is 0 Å². The fraction of sp³-hybridized carbons (Fsp3) is 0.750. The molecule has 0 aromatic rings. The summed E-state index contributed by atoms with van der Waals surface area (Å²) in [6.07, 6.45) is -1.32. The van der Waals surface area contributed by atoms with E-state index in [1.807, 2.05) is 0 Å². The standard InChI is InChI=1S/C8H15NO5/c1-2-14-8(13)5-9-4-6(10)3-7(11)12/h6,9-10H,2-5H2,1H3,(H,11,12). The van der Waals surface area contributed by atoms with E-state index >= 15 is 0 Å². The third kappa shape index (κ3) is 7.51. The molecule has 0 amide bonds. The number of aliphatic carboxylic acids is 1. The fourth-order valence-electron chi connectivity index (χ4n) is 0.827. The zero-order chi connectivity index (χ0) is 11.0. The monoisotopic (exact) mass is 205 g/mol. The Bertz CT molecular complexity index is 194. The van der Waals surface area contributed by atoms with Crippen LogP contribution in [0.3, 0.4) is 0 Å². The molecule has 0 aromatic carbocycles. The minimum Gasteiger partial charge on any atom is -0.481 e. The lowest BCUT2D eigenvalue weighted by molar-refractivity contribution is -0.142. The van der Waals surface area contributed by atoms with Crippen molar-refractivity contribution in [2.75, 3.05) is 19.7 Å². The van der Waals surface area contributed by atoms with Crippen molar-refractivity contribution in [1.82, 2.24) is 5.32 Å². The van der Waals surface area contributed by atoms with Crippen LogP contribution in [0.15, 0.2) is 0 Å². The maximum Gasteiger partial charge on any atom is 0.319 e. The Hall–Kier alpha value is -1.14. The molecule has 0 aliphatic carbocycles. The molecule has 0 radical (unpaired) electrons. The number of carboxylic acids is 1. The number of aliphatic hydroxyl groups is 1. The van der Waals surface area contributed by atoms with Crippen molar-refractivity contribution in [3.63, 3.8) is 0 Å². The molecule has 0 saturated heterocycles. The van der Waals surface area contributed by atoms with Crippen LogP contribution in [0.4, 0.5) is 0 Å². The lowest BCUT2D eigenvalue weighted by Crippen LogP contribution is -2.33. The number of rotatable bonds is 7.